The fraction of sp³-hybridized carbons (Fsp3) is 0.778. The van der Waals surface area contributed by atoms with Crippen molar-refractivity contribution >= 4 is 0 Å². The highest BCUT2D eigenvalue weighted by atomic mass is 16.2. The highest BCUT2D eigenvalue weighted by Gasteiger charge is 2.14. The molecule has 1 aliphatic heterocycles. The molecular formula is C9H15N3O. The van der Waals surface area contributed by atoms with Gasteiger partial charge in [0, 0.05) is 26.0 Å². The predicted octanol–water partition coefficient (Wildman–Crippen LogP) is 0.539. The van der Waals surface area contributed by atoms with E-state index in [4.69, 9.17) is 5.11 Å². The standard InChI is InChI=1S/C9H15N3O/c13-7-3-5-9-11-10-8-4-1-2-6-12(8)9/h13H,1-7H2. The minimum Gasteiger partial charge on any atom is -0.396 e. The average Bonchev–Trinajstić information content (AvgIpc) is 2.58. The van der Waals surface area contributed by atoms with Crippen LogP contribution in [0.5, 0.6) is 0 Å². The monoisotopic (exact) mass is 181 g/mol. The first-order valence-corrected chi connectivity index (χ1v) is 4.93. The Labute approximate surface area is 77.6 Å². The van der Waals surface area contributed by atoms with E-state index in [1.807, 2.05) is 0 Å². The van der Waals surface area contributed by atoms with Gasteiger partial charge >= 0.3 is 0 Å². The number of nitrogens with zero attached hydrogens (tertiary/aromatic N) is 3. The molecule has 0 atom stereocenters. The van der Waals surface area contributed by atoms with Crippen molar-refractivity contribution in [3.05, 3.63) is 11.6 Å². The largest absolute Gasteiger partial charge is 0.396 e. The molecule has 0 aliphatic carbocycles. The van der Waals surface area contributed by atoms with Crippen molar-refractivity contribution < 1.29 is 5.11 Å². The van der Waals surface area contributed by atoms with Gasteiger partial charge < -0.3 is 9.67 Å². The molecule has 0 bridgehead atoms. The number of hydrogen-bond acceptors (Lipinski definition) is 3. The Bertz CT molecular complexity index is 282. The molecule has 0 spiro atoms. The summed E-state index contributed by atoms with van der Waals surface area (Å²) in [5, 5.41) is 17.0. The molecular weight excluding hydrogens is 166 g/mol. The maximum Gasteiger partial charge on any atom is 0.133 e. The van der Waals surface area contributed by atoms with Gasteiger partial charge in [-0.3, -0.25) is 0 Å². The summed E-state index contributed by atoms with van der Waals surface area (Å²) in [5.41, 5.74) is 0. The number of aryl methyl sites for hydroxylation is 2. The van der Waals surface area contributed by atoms with Crippen LogP contribution in [0, 0.1) is 0 Å². The molecule has 2 rings (SSSR count). The van der Waals surface area contributed by atoms with E-state index < -0.39 is 0 Å². The summed E-state index contributed by atoms with van der Waals surface area (Å²) in [4.78, 5) is 0. The van der Waals surface area contributed by atoms with E-state index in [1.54, 1.807) is 0 Å². The average molecular weight is 181 g/mol. The van der Waals surface area contributed by atoms with E-state index in [-0.39, 0.29) is 6.61 Å². The predicted molar refractivity (Wildman–Crippen MR) is 48.4 cm³/mol. The van der Waals surface area contributed by atoms with E-state index in [0.29, 0.717) is 0 Å². The Balaban J connectivity index is 2.12. The summed E-state index contributed by atoms with van der Waals surface area (Å²) < 4.78 is 2.21. The molecule has 0 fully saturated rings. The Kier molecular flexibility index (Phi) is 2.59. The number of fused-ring (bicyclic) bond motifs is 1. The lowest BCUT2D eigenvalue weighted by atomic mass is 10.1. The molecule has 0 unspecified atom stereocenters. The molecule has 0 saturated heterocycles. The van der Waals surface area contributed by atoms with Crippen molar-refractivity contribution in [2.75, 3.05) is 6.61 Å². The number of rotatable bonds is 3. The van der Waals surface area contributed by atoms with Crippen LogP contribution in [0.3, 0.4) is 0 Å². The lowest BCUT2D eigenvalue weighted by Crippen LogP contribution is -2.13. The number of aliphatic hydroxyl groups excluding tert-OH is 1. The quantitative estimate of drug-likeness (QED) is 0.740. The highest BCUT2D eigenvalue weighted by Crippen LogP contribution is 2.14. The molecule has 4 nitrogen and oxygen atoms in total. The van der Waals surface area contributed by atoms with Crippen LogP contribution in [0.1, 0.15) is 30.9 Å². The van der Waals surface area contributed by atoms with Gasteiger partial charge in [0.2, 0.25) is 0 Å². The summed E-state index contributed by atoms with van der Waals surface area (Å²) in [6.07, 6.45) is 5.17. The Morgan fingerprint density at radius 1 is 1.31 bits per heavy atom. The summed E-state index contributed by atoms with van der Waals surface area (Å²) in [6.45, 7) is 1.30. The minimum absolute atomic E-state index is 0.238. The molecule has 1 aliphatic rings. The number of hydrogen-bond donors (Lipinski definition) is 1. The zero-order chi connectivity index (χ0) is 9.10. The smallest absolute Gasteiger partial charge is 0.133 e. The van der Waals surface area contributed by atoms with Crippen LogP contribution in [0.25, 0.3) is 0 Å². The van der Waals surface area contributed by atoms with Gasteiger partial charge in [-0.05, 0) is 19.3 Å². The normalized spacial score (nSPS) is 15.8. The molecule has 1 N–H and O–H groups in total. The van der Waals surface area contributed by atoms with E-state index >= 15 is 0 Å². The van der Waals surface area contributed by atoms with Crippen molar-refractivity contribution in [2.24, 2.45) is 0 Å². The van der Waals surface area contributed by atoms with Gasteiger partial charge in [-0.25, -0.2) is 0 Å². The molecule has 2 heterocycles. The van der Waals surface area contributed by atoms with Crippen LogP contribution < -0.4 is 0 Å². The van der Waals surface area contributed by atoms with Gasteiger partial charge in [0.15, 0.2) is 0 Å². The SMILES string of the molecule is OCCCc1nnc2n1CCCC2. The molecule has 0 saturated carbocycles. The van der Waals surface area contributed by atoms with E-state index in [1.165, 1.54) is 12.8 Å². The van der Waals surface area contributed by atoms with Crippen LogP contribution >= 0.6 is 0 Å². The van der Waals surface area contributed by atoms with Crippen LogP contribution in [-0.4, -0.2) is 26.5 Å². The van der Waals surface area contributed by atoms with Crippen molar-refractivity contribution in [3.63, 3.8) is 0 Å². The van der Waals surface area contributed by atoms with Crippen LogP contribution in [0.2, 0.25) is 0 Å². The Morgan fingerprint density at radius 2 is 2.23 bits per heavy atom. The molecule has 72 valence electrons. The summed E-state index contributed by atoms with van der Waals surface area (Å²) in [6, 6.07) is 0. The van der Waals surface area contributed by atoms with Crippen molar-refractivity contribution in [2.45, 2.75) is 38.6 Å². The zero-order valence-electron chi connectivity index (χ0n) is 7.74. The van der Waals surface area contributed by atoms with Crippen molar-refractivity contribution in [1.29, 1.82) is 0 Å². The first kappa shape index (κ1) is 8.69. The maximum atomic E-state index is 8.71. The number of aromatic nitrogens is 3. The summed E-state index contributed by atoms with van der Waals surface area (Å²) in [7, 11) is 0. The van der Waals surface area contributed by atoms with E-state index in [0.717, 1.165) is 37.5 Å². The van der Waals surface area contributed by atoms with Crippen LogP contribution in [0.15, 0.2) is 0 Å². The second-order valence-corrected chi connectivity index (χ2v) is 3.47. The Morgan fingerprint density at radius 3 is 3.08 bits per heavy atom. The highest BCUT2D eigenvalue weighted by molar-refractivity contribution is 4.98. The lowest BCUT2D eigenvalue weighted by molar-refractivity contribution is 0.286. The second kappa shape index (κ2) is 3.87. The van der Waals surface area contributed by atoms with Crippen LogP contribution in [0.4, 0.5) is 0 Å². The maximum absolute atomic E-state index is 8.71. The number of aliphatic hydroxyl groups is 1. The zero-order valence-corrected chi connectivity index (χ0v) is 7.74. The van der Waals surface area contributed by atoms with Gasteiger partial charge in [0.1, 0.15) is 11.6 Å². The first-order chi connectivity index (χ1) is 6.42. The first-order valence-electron chi connectivity index (χ1n) is 4.93. The third-order valence-corrected chi connectivity index (χ3v) is 2.49. The summed E-state index contributed by atoms with van der Waals surface area (Å²) in [5.74, 6) is 2.17. The fourth-order valence-electron chi connectivity index (χ4n) is 1.79. The lowest BCUT2D eigenvalue weighted by Gasteiger charge is -2.14. The molecule has 4 heteroatoms. The van der Waals surface area contributed by atoms with Crippen LogP contribution in [-0.2, 0) is 19.4 Å². The third kappa shape index (κ3) is 1.72. The van der Waals surface area contributed by atoms with Gasteiger partial charge in [-0.2, -0.15) is 0 Å². The molecule has 13 heavy (non-hydrogen) atoms. The van der Waals surface area contributed by atoms with Crippen molar-refractivity contribution in [1.82, 2.24) is 14.8 Å². The molecule has 1 aromatic rings. The molecule has 0 amide bonds. The van der Waals surface area contributed by atoms with Gasteiger partial charge in [-0.1, -0.05) is 0 Å². The van der Waals surface area contributed by atoms with Crippen molar-refractivity contribution in [3.8, 4) is 0 Å². The van der Waals surface area contributed by atoms with Gasteiger partial charge in [0.25, 0.3) is 0 Å². The molecule has 0 aromatic carbocycles. The van der Waals surface area contributed by atoms with Gasteiger partial charge in [0.05, 0.1) is 0 Å². The van der Waals surface area contributed by atoms with Gasteiger partial charge in [-0.15, -0.1) is 10.2 Å². The second-order valence-electron chi connectivity index (χ2n) is 3.47. The fourth-order valence-corrected chi connectivity index (χ4v) is 1.79. The Hall–Kier alpha value is -0.900. The third-order valence-electron chi connectivity index (χ3n) is 2.49. The molecule has 0 radical (unpaired) electrons. The summed E-state index contributed by atoms with van der Waals surface area (Å²) >= 11 is 0. The topological polar surface area (TPSA) is 50.9 Å². The molecule has 1 aromatic heterocycles. The minimum atomic E-state index is 0.238. The van der Waals surface area contributed by atoms with E-state index in [9.17, 15) is 0 Å². The van der Waals surface area contributed by atoms with E-state index in [2.05, 4.69) is 14.8 Å².